The first-order valence-corrected chi connectivity index (χ1v) is 27.2. The minimum atomic E-state index is -1.90. The zero-order chi connectivity index (χ0) is 61.6. The third-order valence-corrected chi connectivity index (χ3v) is 13.9. The third-order valence-electron chi connectivity index (χ3n) is 13.9. The normalized spacial score (nSPS) is 17.3. The maximum atomic E-state index is 14.4. The van der Waals surface area contributed by atoms with Crippen molar-refractivity contribution in [1.82, 2.24) is 57.4 Å². The molecule has 0 bridgehead atoms. The van der Waals surface area contributed by atoms with Gasteiger partial charge in [-0.1, -0.05) is 82.1 Å². The summed E-state index contributed by atoms with van der Waals surface area (Å²) in [4.78, 5) is 180. The summed E-state index contributed by atoms with van der Waals surface area (Å²) >= 11 is 0. The van der Waals surface area contributed by atoms with Gasteiger partial charge in [0.05, 0.1) is 25.2 Å². The van der Waals surface area contributed by atoms with Crippen molar-refractivity contribution in [2.24, 2.45) is 35.3 Å². The summed E-state index contributed by atoms with van der Waals surface area (Å²) in [5.74, 6) is -16.7. The lowest BCUT2D eigenvalue weighted by Crippen LogP contribution is -2.61. The van der Waals surface area contributed by atoms with E-state index in [2.05, 4.69) is 52.5 Å². The zero-order valence-electron chi connectivity index (χ0n) is 47.7. The van der Waals surface area contributed by atoms with Gasteiger partial charge in [0.1, 0.15) is 54.4 Å². The molecule has 454 valence electrons. The predicted octanol–water partition coefficient (Wildman–Crippen LogP) is -1.50. The fourth-order valence-corrected chi connectivity index (χ4v) is 8.68. The van der Waals surface area contributed by atoms with Gasteiger partial charge in [0.25, 0.3) is 0 Å². The number of amides is 9. The Hall–Kier alpha value is -7.72. The smallest absolute Gasteiger partial charge is 0.326 e. The molecule has 1 saturated heterocycles. The number of H-pyrrole nitrogens is 1. The number of rotatable bonds is 35. The first-order valence-electron chi connectivity index (χ1n) is 27.2. The molecule has 0 aromatic carbocycles. The monoisotopic (exact) mass is 1150 g/mol. The number of nitrogens with zero attached hydrogens (tertiary/aromatic N) is 2. The number of likely N-dealkylation sites (tertiary alicyclic amines) is 1. The molecule has 12 atom stereocenters. The van der Waals surface area contributed by atoms with Gasteiger partial charge < -0.3 is 78.6 Å². The van der Waals surface area contributed by atoms with Crippen molar-refractivity contribution < 1.29 is 82.8 Å². The van der Waals surface area contributed by atoms with Crippen LogP contribution in [0.2, 0.25) is 0 Å². The van der Waals surface area contributed by atoms with E-state index in [1.807, 2.05) is 6.92 Å². The van der Waals surface area contributed by atoms with E-state index < -0.39 is 181 Å². The van der Waals surface area contributed by atoms with Crippen LogP contribution in [0.25, 0.3) is 0 Å². The average Bonchev–Trinajstić information content (AvgIpc) is 4.10. The van der Waals surface area contributed by atoms with Crippen LogP contribution in [-0.4, -0.2) is 179 Å². The Bertz CT molecular complexity index is 2380. The standard InChI is InChI=1S/C52H84N12O17/c1-11-27(9)39(53)48(76)61-40(25(5)6)49(77)59-33(21-38(69)70)45(73)60-34(18-24(3)4)51(79)64-17-13-14-35(64)47(75)58-32(20-37(67)68)44(72)57-31(19-29-22-54-23-55-29)46(74)63-42(28(10)12-2)50(78)56-30(15-16-36(65)66)43(71)62-41(26(7)8)52(80)81/h22-28,30-35,39-42H,11-21,53H2,1-10H3,(H,54,55)(H,56,78)(H,57,72)(H,58,75)(H,59,77)(H,60,73)(H,61,76)(H,62,71)(H,63,74)(H,65,66)(H,67,68)(H,69,70)(H,80,81)/t27-,28-,30-,31-,32-,33-,34-,35-,39-,40-,41-,42-/m0/s1. The van der Waals surface area contributed by atoms with E-state index in [0.29, 0.717) is 6.42 Å². The number of hydrogen-bond donors (Lipinski definition) is 14. The minimum absolute atomic E-state index is 0.00262. The number of carbonyl (C=O) groups excluding carboxylic acids is 9. The van der Waals surface area contributed by atoms with Crippen molar-refractivity contribution in [3.63, 3.8) is 0 Å². The van der Waals surface area contributed by atoms with E-state index in [0.717, 1.165) is 4.90 Å². The lowest BCUT2D eigenvalue weighted by molar-refractivity contribution is -0.145. The lowest BCUT2D eigenvalue weighted by atomic mass is 9.96. The third kappa shape index (κ3) is 22.4. The average molecular weight is 1150 g/mol. The number of carboxylic acids is 4. The molecule has 1 aliphatic heterocycles. The Morgan fingerprint density at radius 1 is 0.593 bits per heavy atom. The molecule has 1 fully saturated rings. The number of carbonyl (C=O) groups is 13. The fourth-order valence-electron chi connectivity index (χ4n) is 8.68. The summed E-state index contributed by atoms with van der Waals surface area (Å²) in [6.07, 6.45) is 0.171. The van der Waals surface area contributed by atoms with Gasteiger partial charge in [0, 0.05) is 31.3 Å². The molecule has 0 saturated carbocycles. The first-order chi connectivity index (χ1) is 37.8. The van der Waals surface area contributed by atoms with E-state index in [1.165, 1.54) is 26.4 Å². The van der Waals surface area contributed by atoms with E-state index in [4.69, 9.17) is 5.73 Å². The van der Waals surface area contributed by atoms with Crippen LogP contribution in [0.4, 0.5) is 0 Å². The zero-order valence-corrected chi connectivity index (χ0v) is 47.7. The molecule has 29 heteroatoms. The summed E-state index contributed by atoms with van der Waals surface area (Å²) in [7, 11) is 0. The van der Waals surface area contributed by atoms with Gasteiger partial charge in [-0.05, 0) is 55.3 Å². The number of aliphatic carboxylic acids is 4. The van der Waals surface area contributed by atoms with Gasteiger partial charge in [-0.3, -0.25) is 57.5 Å². The molecular weight excluding hydrogens is 1060 g/mol. The van der Waals surface area contributed by atoms with Crippen LogP contribution in [-0.2, 0) is 68.7 Å². The van der Waals surface area contributed by atoms with Gasteiger partial charge in [-0.15, -0.1) is 0 Å². The first kappa shape index (κ1) is 69.4. The van der Waals surface area contributed by atoms with Crippen molar-refractivity contribution in [1.29, 1.82) is 0 Å². The Morgan fingerprint density at radius 2 is 1.07 bits per heavy atom. The van der Waals surface area contributed by atoms with E-state index in [9.17, 15) is 82.8 Å². The molecular formula is C52H84N12O17. The second kappa shape index (κ2) is 33.1. The molecule has 9 amide bonds. The van der Waals surface area contributed by atoms with Crippen molar-refractivity contribution in [2.75, 3.05) is 6.54 Å². The summed E-state index contributed by atoms with van der Waals surface area (Å²) in [6.45, 7) is 16.5. The Balaban J connectivity index is 2.44. The van der Waals surface area contributed by atoms with Crippen LogP contribution in [0, 0.1) is 29.6 Å². The number of aromatic amines is 1. The second-order valence-electron chi connectivity index (χ2n) is 21.6. The highest BCUT2D eigenvalue weighted by molar-refractivity contribution is 6.00. The minimum Gasteiger partial charge on any atom is -0.481 e. The maximum absolute atomic E-state index is 14.4. The van der Waals surface area contributed by atoms with Gasteiger partial charge >= 0.3 is 23.9 Å². The molecule has 2 heterocycles. The summed E-state index contributed by atoms with van der Waals surface area (Å²) in [5.41, 5.74) is 6.35. The number of nitrogens with one attached hydrogen (secondary N) is 9. The van der Waals surface area contributed by atoms with E-state index >= 15 is 0 Å². The predicted molar refractivity (Wildman–Crippen MR) is 287 cm³/mol. The molecule has 0 spiro atoms. The largest absolute Gasteiger partial charge is 0.481 e. The molecule has 1 aliphatic rings. The van der Waals surface area contributed by atoms with Crippen LogP contribution < -0.4 is 48.3 Å². The molecule has 0 aliphatic carbocycles. The molecule has 0 radical (unpaired) electrons. The van der Waals surface area contributed by atoms with Gasteiger partial charge in [0.15, 0.2) is 0 Å². The number of nitrogens with two attached hydrogens (primary N) is 1. The summed E-state index contributed by atoms with van der Waals surface area (Å²) in [5, 5.41) is 58.4. The highest BCUT2D eigenvalue weighted by atomic mass is 16.4. The van der Waals surface area contributed by atoms with Gasteiger partial charge in [-0.2, -0.15) is 0 Å². The highest BCUT2D eigenvalue weighted by Gasteiger charge is 2.42. The molecule has 1 aromatic heterocycles. The van der Waals surface area contributed by atoms with Gasteiger partial charge in [-0.25, -0.2) is 9.78 Å². The quantitative estimate of drug-likeness (QED) is 0.0368. The van der Waals surface area contributed by atoms with Crippen LogP contribution >= 0.6 is 0 Å². The Kier molecular flexibility index (Phi) is 28.4. The van der Waals surface area contributed by atoms with E-state index in [-0.39, 0.29) is 56.2 Å². The molecule has 29 nitrogen and oxygen atoms in total. The maximum Gasteiger partial charge on any atom is 0.326 e. The van der Waals surface area contributed by atoms with Crippen molar-refractivity contribution in [3.8, 4) is 0 Å². The molecule has 0 unspecified atom stereocenters. The fraction of sp³-hybridized carbons (Fsp3) is 0.692. The van der Waals surface area contributed by atoms with Crippen molar-refractivity contribution in [3.05, 3.63) is 18.2 Å². The number of aromatic nitrogens is 2. The number of hydrogen-bond acceptors (Lipinski definition) is 15. The highest BCUT2D eigenvalue weighted by Crippen LogP contribution is 2.22. The number of carboxylic acid groups (broad SMARTS) is 4. The Morgan fingerprint density at radius 3 is 1.57 bits per heavy atom. The molecule has 15 N–H and O–H groups in total. The molecule has 1 aromatic rings. The van der Waals surface area contributed by atoms with Crippen LogP contribution in [0.5, 0.6) is 0 Å². The topological polar surface area (TPSA) is 457 Å². The van der Waals surface area contributed by atoms with Crippen LogP contribution in [0.1, 0.15) is 133 Å². The molecule has 2 rings (SSSR count). The SMILES string of the molecule is CC[C@H](C)[C@H](N)C(=O)N[C@H](C(=O)N[C@@H](CC(=O)O)C(=O)N[C@@H](CC(C)C)C(=O)N1CCC[C@H]1C(=O)N[C@@H](CC(=O)O)C(=O)N[C@@H](Cc1cnc[nH]1)C(=O)N[C@H](C(=O)N[C@@H](CCC(=O)O)C(=O)N[C@H](C(=O)O)C(C)C)[C@@H](C)CC)C(C)C. The van der Waals surface area contributed by atoms with Crippen molar-refractivity contribution in [2.45, 2.75) is 194 Å². The van der Waals surface area contributed by atoms with Crippen LogP contribution in [0.15, 0.2) is 12.5 Å². The second-order valence-corrected chi connectivity index (χ2v) is 21.6. The van der Waals surface area contributed by atoms with Crippen LogP contribution in [0.3, 0.4) is 0 Å². The van der Waals surface area contributed by atoms with Crippen molar-refractivity contribution >= 4 is 77.0 Å². The summed E-state index contributed by atoms with van der Waals surface area (Å²) in [6, 6.07) is -14.7. The molecule has 81 heavy (non-hydrogen) atoms. The number of imidazole rings is 1. The van der Waals surface area contributed by atoms with Gasteiger partial charge in [0.2, 0.25) is 53.2 Å². The summed E-state index contributed by atoms with van der Waals surface area (Å²) < 4.78 is 0. The Labute approximate surface area is 470 Å². The van der Waals surface area contributed by atoms with E-state index in [1.54, 1.807) is 48.5 Å². The lowest BCUT2D eigenvalue weighted by Gasteiger charge is -2.32.